The van der Waals surface area contributed by atoms with Gasteiger partial charge in [0.15, 0.2) is 11.6 Å². The van der Waals surface area contributed by atoms with Crippen LogP contribution >= 0.6 is 0 Å². The monoisotopic (exact) mass is 637 g/mol. The molecule has 0 atom stereocenters. The molecule has 0 saturated carbocycles. The molecule has 0 unspecified atom stereocenters. The van der Waals surface area contributed by atoms with Crippen molar-refractivity contribution >= 4 is 59.9 Å². The zero-order chi connectivity index (χ0) is 32.8. The highest BCUT2D eigenvalue weighted by Crippen LogP contribution is 2.40. The molecule has 4 aromatic heterocycles. The van der Waals surface area contributed by atoms with E-state index in [-0.39, 0.29) is 0 Å². The van der Waals surface area contributed by atoms with Crippen LogP contribution in [0.3, 0.4) is 0 Å². The molecule has 0 radical (unpaired) electrons. The lowest BCUT2D eigenvalue weighted by Crippen LogP contribution is -2.06. The van der Waals surface area contributed by atoms with Crippen LogP contribution in [0.15, 0.2) is 164 Å². The first-order valence-corrected chi connectivity index (χ1v) is 16.9. The fourth-order valence-electron chi connectivity index (χ4n) is 7.90. The van der Waals surface area contributed by atoms with Gasteiger partial charge in [0, 0.05) is 43.4 Å². The lowest BCUT2D eigenvalue weighted by molar-refractivity contribution is 0.953. The molecule has 0 spiro atoms. The summed E-state index contributed by atoms with van der Waals surface area (Å²) in [5.74, 6) is 1.84. The van der Waals surface area contributed by atoms with Crippen LogP contribution in [0.1, 0.15) is 0 Å². The van der Waals surface area contributed by atoms with Crippen LogP contribution < -0.4 is 0 Å². The topological polar surface area (TPSA) is 48.0 Å². The third kappa shape index (κ3) is 3.86. The Hall–Kier alpha value is -6.85. The van der Waals surface area contributed by atoms with Crippen molar-refractivity contribution in [3.05, 3.63) is 164 Å². The lowest BCUT2D eigenvalue weighted by atomic mass is 10.0. The summed E-state index contributed by atoms with van der Waals surface area (Å²) in [6, 6.07) is 57.8. The van der Waals surface area contributed by atoms with Gasteiger partial charge in [0.25, 0.3) is 0 Å². The van der Waals surface area contributed by atoms with Gasteiger partial charge in [-0.2, -0.15) is 9.97 Å². The standard InChI is InChI=1S/C45H27N5/c1-2-12-28(13-3-1)29-14-10-15-30(26-29)43-46-44(48-45(47-43)50-39-22-8-4-16-32(39)33-17-5-9-23-40(33)50)31-24-25-35-37-20-11-19-36-34-18-6-7-21-38(34)49(42(36)37)41(35)27-31/h1-27H. The highest BCUT2D eigenvalue weighted by Gasteiger charge is 2.20. The van der Waals surface area contributed by atoms with Crippen LogP contribution in [0.5, 0.6) is 0 Å². The average molecular weight is 638 g/mol. The Morgan fingerprint density at radius 2 is 0.820 bits per heavy atom. The highest BCUT2D eigenvalue weighted by atomic mass is 15.2. The molecule has 0 aliphatic carbocycles. The van der Waals surface area contributed by atoms with E-state index in [1.807, 2.05) is 6.07 Å². The molecule has 0 saturated heterocycles. The zero-order valence-electron chi connectivity index (χ0n) is 26.8. The van der Waals surface area contributed by atoms with E-state index in [1.54, 1.807) is 0 Å². The quantitative estimate of drug-likeness (QED) is 0.193. The van der Waals surface area contributed by atoms with Crippen molar-refractivity contribution in [2.24, 2.45) is 0 Å². The first-order valence-electron chi connectivity index (χ1n) is 16.9. The van der Waals surface area contributed by atoms with Gasteiger partial charge in [0.1, 0.15) is 0 Å². The maximum absolute atomic E-state index is 5.26. The smallest absolute Gasteiger partial charge is 0.238 e. The average Bonchev–Trinajstić information content (AvgIpc) is 3.83. The normalized spacial score (nSPS) is 12.0. The Morgan fingerprint density at radius 3 is 1.52 bits per heavy atom. The number of nitrogens with zero attached hydrogens (tertiary/aromatic N) is 5. The van der Waals surface area contributed by atoms with Crippen LogP contribution in [0.25, 0.3) is 99.8 Å². The number of benzene rings is 7. The zero-order valence-corrected chi connectivity index (χ0v) is 26.8. The fourth-order valence-corrected chi connectivity index (χ4v) is 7.90. The molecule has 7 aromatic carbocycles. The van der Waals surface area contributed by atoms with Gasteiger partial charge in [0.2, 0.25) is 5.95 Å². The van der Waals surface area contributed by atoms with Gasteiger partial charge >= 0.3 is 0 Å². The number of rotatable bonds is 4. The molecular weight excluding hydrogens is 611 g/mol. The molecule has 11 rings (SSSR count). The minimum atomic E-state index is 0.588. The summed E-state index contributed by atoms with van der Waals surface area (Å²) in [6.07, 6.45) is 0. The van der Waals surface area contributed by atoms with Crippen molar-refractivity contribution in [1.29, 1.82) is 0 Å². The summed E-state index contributed by atoms with van der Waals surface area (Å²) >= 11 is 0. The van der Waals surface area contributed by atoms with Gasteiger partial charge in [-0.15, -0.1) is 0 Å². The van der Waals surface area contributed by atoms with Crippen molar-refractivity contribution in [2.45, 2.75) is 0 Å². The molecule has 5 heteroatoms. The summed E-state index contributed by atoms with van der Waals surface area (Å²) in [6.45, 7) is 0. The summed E-state index contributed by atoms with van der Waals surface area (Å²) in [7, 11) is 0. The maximum Gasteiger partial charge on any atom is 0.238 e. The second-order valence-corrected chi connectivity index (χ2v) is 12.9. The van der Waals surface area contributed by atoms with E-state index in [4.69, 9.17) is 15.0 Å². The van der Waals surface area contributed by atoms with Gasteiger partial charge in [-0.25, -0.2) is 4.98 Å². The van der Waals surface area contributed by atoms with Crippen LogP contribution in [-0.4, -0.2) is 23.9 Å². The van der Waals surface area contributed by atoms with Crippen LogP contribution in [0, 0.1) is 0 Å². The number of para-hydroxylation sites is 4. The van der Waals surface area contributed by atoms with Gasteiger partial charge in [-0.05, 0) is 41.5 Å². The van der Waals surface area contributed by atoms with Crippen molar-refractivity contribution in [2.75, 3.05) is 0 Å². The third-order valence-electron chi connectivity index (χ3n) is 10.1. The summed E-state index contributed by atoms with van der Waals surface area (Å²) in [5.41, 5.74) is 9.84. The van der Waals surface area contributed by atoms with Crippen molar-refractivity contribution in [3.63, 3.8) is 0 Å². The van der Waals surface area contributed by atoms with Crippen molar-refractivity contribution in [3.8, 4) is 39.9 Å². The molecule has 11 aromatic rings. The Balaban J connectivity index is 1.20. The van der Waals surface area contributed by atoms with E-state index in [0.29, 0.717) is 17.6 Å². The van der Waals surface area contributed by atoms with Crippen LogP contribution in [-0.2, 0) is 0 Å². The van der Waals surface area contributed by atoms with Gasteiger partial charge < -0.3 is 4.40 Å². The fraction of sp³-hybridized carbons (Fsp3) is 0. The van der Waals surface area contributed by atoms with Crippen molar-refractivity contribution < 1.29 is 0 Å². The Labute approximate surface area is 286 Å². The highest BCUT2D eigenvalue weighted by molar-refractivity contribution is 6.23. The maximum atomic E-state index is 5.26. The first-order chi connectivity index (χ1) is 24.8. The molecule has 5 nitrogen and oxygen atoms in total. The van der Waals surface area contributed by atoms with E-state index >= 15 is 0 Å². The second kappa shape index (κ2) is 10.3. The molecule has 0 amide bonds. The molecule has 0 fully saturated rings. The minimum Gasteiger partial charge on any atom is -0.308 e. The Morgan fingerprint density at radius 1 is 0.320 bits per heavy atom. The SMILES string of the molecule is c1ccc(-c2cccc(-c3nc(-c4ccc5c6cccc7c8ccccc8n(c5c4)c76)nc(-n4c5ccccc5c5ccccc54)n3)c2)cc1. The Bertz CT molecular complexity index is 3040. The lowest BCUT2D eigenvalue weighted by Gasteiger charge is -2.12. The number of aromatic nitrogens is 5. The third-order valence-corrected chi connectivity index (χ3v) is 10.1. The van der Waals surface area contributed by atoms with Gasteiger partial charge in [0.05, 0.1) is 27.6 Å². The molecule has 232 valence electrons. The minimum absolute atomic E-state index is 0.588. The van der Waals surface area contributed by atoms with Crippen molar-refractivity contribution in [1.82, 2.24) is 23.9 Å². The Kier molecular flexibility index (Phi) is 5.60. The van der Waals surface area contributed by atoms with E-state index in [2.05, 4.69) is 167 Å². The number of hydrogen-bond acceptors (Lipinski definition) is 3. The molecule has 0 bridgehead atoms. The predicted octanol–water partition coefficient (Wildman–Crippen LogP) is 11.1. The summed E-state index contributed by atoms with van der Waals surface area (Å²) in [4.78, 5) is 15.7. The van der Waals surface area contributed by atoms with Crippen LogP contribution in [0.2, 0.25) is 0 Å². The molecule has 0 aliphatic rings. The largest absolute Gasteiger partial charge is 0.308 e. The number of hydrogen-bond donors (Lipinski definition) is 0. The van der Waals surface area contributed by atoms with Gasteiger partial charge in [-0.1, -0.05) is 133 Å². The predicted molar refractivity (Wildman–Crippen MR) is 205 cm³/mol. The second-order valence-electron chi connectivity index (χ2n) is 12.9. The number of fused-ring (bicyclic) bond motifs is 9. The molecule has 50 heavy (non-hydrogen) atoms. The van der Waals surface area contributed by atoms with E-state index in [0.717, 1.165) is 49.6 Å². The molecule has 0 N–H and O–H groups in total. The van der Waals surface area contributed by atoms with E-state index in [9.17, 15) is 0 Å². The molecule has 0 aliphatic heterocycles. The summed E-state index contributed by atoms with van der Waals surface area (Å²) < 4.78 is 4.57. The molecular formula is C45H27N5. The summed E-state index contributed by atoms with van der Waals surface area (Å²) in [5, 5.41) is 7.32. The first kappa shape index (κ1) is 27.1. The van der Waals surface area contributed by atoms with E-state index < -0.39 is 0 Å². The van der Waals surface area contributed by atoms with Crippen LogP contribution in [0.4, 0.5) is 0 Å². The van der Waals surface area contributed by atoms with E-state index in [1.165, 1.54) is 32.6 Å². The van der Waals surface area contributed by atoms with Gasteiger partial charge in [-0.3, -0.25) is 4.57 Å². The molecule has 4 heterocycles.